The van der Waals surface area contributed by atoms with Crippen LogP contribution in [0.15, 0.2) is 18.2 Å². The average Bonchev–Trinajstić information content (AvgIpc) is 2.45. The molecule has 1 aliphatic rings. The van der Waals surface area contributed by atoms with Crippen LogP contribution in [0.3, 0.4) is 0 Å². The van der Waals surface area contributed by atoms with Gasteiger partial charge in [0.15, 0.2) is 11.5 Å². The molecule has 1 heterocycles. The van der Waals surface area contributed by atoms with E-state index in [9.17, 15) is 4.79 Å². The molecule has 1 amide bonds. The molecule has 1 aliphatic heterocycles. The number of amides is 1. The molecule has 0 radical (unpaired) electrons. The molecule has 0 fully saturated rings. The molecule has 0 saturated carbocycles. The van der Waals surface area contributed by atoms with Gasteiger partial charge in [0, 0.05) is 0 Å². The van der Waals surface area contributed by atoms with Crippen LogP contribution in [0.4, 0.5) is 0 Å². The number of hydrogen-bond acceptors (Lipinski definition) is 4. The Bertz CT molecular complexity index is 494. The second-order valence-electron chi connectivity index (χ2n) is 5.40. The number of benzene rings is 1. The van der Waals surface area contributed by atoms with Crippen LogP contribution in [0.25, 0.3) is 0 Å². The first kappa shape index (κ1) is 17.6. The van der Waals surface area contributed by atoms with Gasteiger partial charge in [-0.2, -0.15) is 0 Å². The van der Waals surface area contributed by atoms with E-state index in [2.05, 4.69) is 5.32 Å². The van der Waals surface area contributed by atoms with Crippen LogP contribution >= 0.6 is 12.4 Å². The summed E-state index contributed by atoms with van der Waals surface area (Å²) in [6.45, 7) is 6.91. The van der Waals surface area contributed by atoms with Crippen LogP contribution in [0, 0.1) is 5.92 Å². The lowest BCUT2D eigenvalue weighted by molar-refractivity contribution is -0.123. The van der Waals surface area contributed by atoms with Crippen molar-refractivity contribution in [3.8, 4) is 11.5 Å². The standard InChI is InChI=1S/C15H22N2O3.ClH/c1-9(2)14(16)15(18)17-10(3)11-4-5-12-13(8-11)20-7-6-19-12;/h4-5,8-10,14H,6-7,16H2,1-3H3,(H,17,18);1H/t10?,14-;/m1./s1. The van der Waals surface area contributed by atoms with Crippen LogP contribution in [0.1, 0.15) is 32.4 Å². The third-order valence-corrected chi connectivity index (χ3v) is 3.45. The Morgan fingerprint density at radius 2 is 1.81 bits per heavy atom. The Labute approximate surface area is 131 Å². The molecule has 3 N–H and O–H groups in total. The van der Waals surface area contributed by atoms with Crippen LogP contribution in [-0.2, 0) is 4.79 Å². The van der Waals surface area contributed by atoms with Gasteiger partial charge in [-0.15, -0.1) is 12.4 Å². The van der Waals surface area contributed by atoms with Gasteiger partial charge in [0.25, 0.3) is 0 Å². The maximum Gasteiger partial charge on any atom is 0.237 e. The van der Waals surface area contributed by atoms with Gasteiger partial charge in [0.1, 0.15) is 13.2 Å². The molecule has 21 heavy (non-hydrogen) atoms. The van der Waals surface area contributed by atoms with Crippen LogP contribution in [-0.4, -0.2) is 25.2 Å². The first-order chi connectivity index (χ1) is 9.49. The Morgan fingerprint density at radius 3 is 2.43 bits per heavy atom. The van der Waals surface area contributed by atoms with E-state index in [1.54, 1.807) is 0 Å². The van der Waals surface area contributed by atoms with E-state index in [1.165, 1.54) is 0 Å². The number of rotatable bonds is 4. The highest BCUT2D eigenvalue weighted by Crippen LogP contribution is 2.32. The molecule has 2 rings (SSSR count). The number of carbonyl (C=O) groups is 1. The van der Waals surface area contributed by atoms with Crippen molar-refractivity contribution in [3.05, 3.63) is 23.8 Å². The van der Waals surface area contributed by atoms with Crippen molar-refractivity contribution >= 4 is 18.3 Å². The van der Waals surface area contributed by atoms with Gasteiger partial charge in [-0.1, -0.05) is 19.9 Å². The highest BCUT2D eigenvalue weighted by Gasteiger charge is 2.20. The summed E-state index contributed by atoms with van der Waals surface area (Å²) in [5.41, 5.74) is 6.81. The minimum absolute atomic E-state index is 0. The molecule has 0 aromatic heterocycles. The lowest BCUT2D eigenvalue weighted by Crippen LogP contribution is -2.44. The van der Waals surface area contributed by atoms with Gasteiger partial charge in [0.05, 0.1) is 12.1 Å². The fourth-order valence-corrected chi connectivity index (χ4v) is 2.02. The van der Waals surface area contributed by atoms with Crippen LogP contribution < -0.4 is 20.5 Å². The number of halogens is 1. The molecular weight excluding hydrogens is 292 g/mol. The smallest absolute Gasteiger partial charge is 0.237 e. The number of carbonyl (C=O) groups excluding carboxylic acids is 1. The molecule has 2 atom stereocenters. The largest absolute Gasteiger partial charge is 0.486 e. The molecule has 0 bridgehead atoms. The van der Waals surface area contributed by atoms with Crippen molar-refractivity contribution in [2.24, 2.45) is 11.7 Å². The normalized spacial score (nSPS) is 15.9. The predicted molar refractivity (Wildman–Crippen MR) is 84.1 cm³/mol. The Morgan fingerprint density at radius 1 is 1.19 bits per heavy atom. The zero-order chi connectivity index (χ0) is 14.7. The summed E-state index contributed by atoms with van der Waals surface area (Å²) in [6, 6.07) is 5.09. The van der Waals surface area contributed by atoms with E-state index in [4.69, 9.17) is 15.2 Å². The third-order valence-electron chi connectivity index (χ3n) is 3.45. The molecule has 1 unspecified atom stereocenters. The second-order valence-corrected chi connectivity index (χ2v) is 5.40. The lowest BCUT2D eigenvalue weighted by atomic mass is 10.0. The molecule has 0 aliphatic carbocycles. The maximum atomic E-state index is 12.0. The molecule has 1 aromatic rings. The number of nitrogens with two attached hydrogens (primary N) is 1. The Kier molecular flexibility index (Phi) is 6.30. The minimum atomic E-state index is -0.491. The second kappa shape index (κ2) is 7.52. The van der Waals surface area contributed by atoms with Gasteiger partial charge in [0.2, 0.25) is 5.91 Å². The highest BCUT2D eigenvalue weighted by molar-refractivity contribution is 5.85. The summed E-state index contributed by atoms with van der Waals surface area (Å²) in [5, 5.41) is 2.92. The van der Waals surface area contributed by atoms with Crippen molar-refractivity contribution in [2.45, 2.75) is 32.9 Å². The summed E-state index contributed by atoms with van der Waals surface area (Å²) in [7, 11) is 0. The predicted octanol–water partition coefficient (Wildman–Crippen LogP) is 2.04. The highest BCUT2D eigenvalue weighted by atomic mass is 35.5. The van der Waals surface area contributed by atoms with E-state index >= 15 is 0 Å². The molecule has 5 nitrogen and oxygen atoms in total. The third kappa shape index (κ3) is 4.25. The van der Waals surface area contributed by atoms with Crippen molar-refractivity contribution in [2.75, 3.05) is 13.2 Å². The fourth-order valence-electron chi connectivity index (χ4n) is 2.02. The van der Waals surface area contributed by atoms with E-state index in [0.29, 0.717) is 13.2 Å². The molecule has 118 valence electrons. The first-order valence-corrected chi connectivity index (χ1v) is 6.94. The average molecular weight is 315 g/mol. The Hall–Kier alpha value is -1.46. The van der Waals surface area contributed by atoms with E-state index < -0.39 is 6.04 Å². The number of fused-ring (bicyclic) bond motifs is 1. The van der Waals surface area contributed by atoms with Crippen molar-refractivity contribution in [3.63, 3.8) is 0 Å². The summed E-state index contributed by atoms with van der Waals surface area (Å²) in [5.74, 6) is 1.45. The summed E-state index contributed by atoms with van der Waals surface area (Å²) < 4.78 is 11.0. The zero-order valence-corrected chi connectivity index (χ0v) is 13.4. The quantitative estimate of drug-likeness (QED) is 0.892. The summed E-state index contributed by atoms with van der Waals surface area (Å²) in [6.07, 6.45) is 0. The van der Waals surface area contributed by atoms with Crippen molar-refractivity contribution in [1.29, 1.82) is 0 Å². The number of ether oxygens (including phenoxy) is 2. The van der Waals surface area contributed by atoms with Crippen LogP contribution in [0.5, 0.6) is 11.5 Å². The topological polar surface area (TPSA) is 73.6 Å². The zero-order valence-electron chi connectivity index (χ0n) is 12.6. The SMILES string of the molecule is CC(NC(=O)[C@H](N)C(C)C)c1ccc2c(c1)OCCO2.Cl. The maximum absolute atomic E-state index is 12.0. The molecular formula is C15H23ClN2O3. The number of hydrogen-bond donors (Lipinski definition) is 2. The fraction of sp³-hybridized carbons (Fsp3) is 0.533. The summed E-state index contributed by atoms with van der Waals surface area (Å²) >= 11 is 0. The van der Waals surface area contributed by atoms with Gasteiger partial charge in [-0.25, -0.2) is 0 Å². The van der Waals surface area contributed by atoms with Crippen LogP contribution in [0.2, 0.25) is 0 Å². The van der Waals surface area contributed by atoms with E-state index in [0.717, 1.165) is 17.1 Å². The van der Waals surface area contributed by atoms with E-state index in [1.807, 2.05) is 39.0 Å². The number of nitrogens with one attached hydrogen (secondary N) is 1. The van der Waals surface area contributed by atoms with Gasteiger partial charge < -0.3 is 20.5 Å². The molecule has 0 saturated heterocycles. The molecule has 0 spiro atoms. The molecule has 1 aromatic carbocycles. The minimum Gasteiger partial charge on any atom is -0.486 e. The first-order valence-electron chi connectivity index (χ1n) is 6.94. The van der Waals surface area contributed by atoms with Crippen molar-refractivity contribution in [1.82, 2.24) is 5.32 Å². The Balaban J connectivity index is 0.00000220. The monoisotopic (exact) mass is 314 g/mol. The molecule has 6 heteroatoms. The van der Waals surface area contributed by atoms with Crippen molar-refractivity contribution < 1.29 is 14.3 Å². The van der Waals surface area contributed by atoms with Gasteiger partial charge >= 0.3 is 0 Å². The summed E-state index contributed by atoms with van der Waals surface area (Å²) in [4.78, 5) is 12.0. The van der Waals surface area contributed by atoms with Gasteiger partial charge in [-0.3, -0.25) is 4.79 Å². The lowest BCUT2D eigenvalue weighted by Gasteiger charge is -2.22. The van der Waals surface area contributed by atoms with E-state index in [-0.39, 0.29) is 30.3 Å². The van der Waals surface area contributed by atoms with Gasteiger partial charge in [-0.05, 0) is 30.5 Å².